The van der Waals surface area contributed by atoms with Crippen molar-refractivity contribution >= 4 is 39.4 Å². The highest BCUT2D eigenvalue weighted by Gasteiger charge is 2.52. The molecule has 14 heteroatoms. The summed E-state index contributed by atoms with van der Waals surface area (Å²) >= 11 is 0. The molecule has 1 aliphatic heterocycles. The first-order chi connectivity index (χ1) is 27.2. The molecule has 13 nitrogen and oxygen atoms in total. The second-order valence-electron chi connectivity index (χ2n) is 19.7. The monoisotopic (exact) mass is 834 g/mol. The number of ether oxygens (including phenoxy) is 1. The molecule has 0 bridgehead atoms. The number of nitrogens with zero attached hydrogens (tertiary/aromatic N) is 1. The fourth-order valence-corrected chi connectivity index (χ4v) is 10.6. The second-order valence-corrected chi connectivity index (χ2v) is 22.5. The third kappa shape index (κ3) is 12.3. The molecule has 330 valence electrons. The molecular weight excluding hydrogens is 759 g/mol. The summed E-state index contributed by atoms with van der Waals surface area (Å²) < 4.78 is 32.3. The van der Waals surface area contributed by atoms with Crippen LogP contribution in [0.25, 0.3) is 0 Å². The van der Waals surface area contributed by atoms with Crippen LogP contribution in [0.1, 0.15) is 151 Å². The molecule has 3 aliphatic carbocycles. The summed E-state index contributed by atoms with van der Waals surface area (Å²) in [5.41, 5.74) is -2.10. The van der Waals surface area contributed by atoms with Crippen molar-refractivity contribution in [3.05, 3.63) is 12.7 Å². The van der Waals surface area contributed by atoms with Crippen LogP contribution in [0.2, 0.25) is 0 Å². The summed E-state index contributed by atoms with van der Waals surface area (Å²) in [5.74, 6) is -2.48. The molecule has 4 rings (SSSR count). The van der Waals surface area contributed by atoms with Crippen LogP contribution in [0.5, 0.6) is 0 Å². The number of carbonyl (C=O) groups excluding carboxylic acids is 5. The van der Waals surface area contributed by atoms with Crippen LogP contribution >= 0.6 is 0 Å². The number of likely N-dealkylation sites (tertiary alicyclic amines) is 1. The van der Waals surface area contributed by atoms with Crippen molar-refractivity contribution in [3.63, 3.8) is 0 Å². The van der Waals surface area contributed by atoms with E-state index in [-0.39, 0.29) is 43.0 Å². The van der Waals surface area contributed by atoms with Crippen LogP contribution in [0.3, 0.4) is 0 Å². The normalized spacial score (nSPS) is 25.7. The van der Waals surface area contributed by atoms with Gasteiger partial charge in [-0.2, -0.15) is 0 Å². The Morgan fingerprint density at radius 1 is 0.948 bits per heavy atom. The highest BCUT2D eigenvalue weighted by atomic mass is 32.2. The van der Waals surface area contributed by atoms with E-state index in [9.17, 15) is 27.6 Å². The first kappa shape index (κ1) is 47.7. The summed E-state index contributed by atoms with van der Waals surface area (Å²) in [4.78, 5) is 72.2. The van der Waals surface area contributed by atoms with Gasteiger partial charge in [0.25, 0.3) is 5.91 Å². The molecule has 2 unspecified atom stereocenters. The molecule has 1 heterocycles. The van der Waals surface area contributed by atoms with E-state index in [2.05, 4.69) is 48.6 Å². The summed E-state index contributed by atoms with van der Waals surface area (Å²) in [6, 6.07) is -3.65. The van der Waals surface area contributed by atoms with E-state index in [0.29, 0.717) is 45.3 Å². The standard InChI is InChI=1S/C44H75N5O8S/c1-9-11-25-57-29-43(8)27-34(37(51)46-33(26-32-18-19-32)35(50)38(52)45-24-10-2)49(28-31(43)3)39(53)36(42(7)20-14-12-15-21-42)47-40(54)48-44(22-16-13-17-23-44)30-58(55,56)41(4,5)6/h10,31-34,36H,2,9,11-30H2,1,3-8H3,(H,45,52)(H,46,51)(H2,47,48,54)/t31?,33?,34-,36+,43+/m0/s1. The van der Waals surface area contributed by atoms with Gasteiger partial charge in [-0.15, -0.1) is 6.58 Å². The number of unbranched alkanes of at least 4 members (excludes halogenated alkanes) is 1. The molecule has 4 fully saturated rings. The SMILES string of the molecule is C=CCNC(=O)C(=O)C(CC1CC1)NC(=O)[C@@H]1C[C@](C)(COCCCC)C(C)CN1C(=O)[C@@H](NC(=O)NC1(CS(=O)(=O)C(C)(C)C)CCCCC1)C1(C)CCCCC1. The number of rotatable bonds is 19. The Bertz CT molecular complexity index is 1580. The summed E-state index contributed by atoms with van der Waals surface area (Å²) in [6.07, 6.45) is 13.4. The average molecular weight is 834 g/mol. The van der Waals surface area contributed by atoms with Crippen molar-refractivity contribution in [2.24, 2.45) is 22.7 Å². The first-order valence-corrected chi connectivity index (χ1v) is 23.8. The van der Waals surface area contributed by atoms with Gasteiger partial charge in [0.1, 0.15) is 12.1 Å². The molecule has 0 aromatic carbocycles. The van der Waals surface area contributed by atoms with Gasteiger partial charge in [-0.25, -0.2) is 13.2 Å². The number of nitrogens with one attached hydrogen (secondary N) is 4. The van der Waals surface area contributed by atoms with Crippen molar-refractivity contribution in [2.75, 3.05) is 32.1 Å². The van der Waals surface area contributed by atoms with Crippen LogP contribution in [0.4, 0.5) is 4.79 Å². The Morgan fingerprint density at radius 3 is 2.14 bits per heavy atom. The van der Waals surface area contributed by atoms with Gasteiger partial charge in [-0.3, -0.25) is 19.2 Å². The van der Waals surface area contributed by atoms with Gasteiger partial charge in [0.2, 0.25) is 17.6 Å². The van der Waals surface area contributed by atoms with Crippen molar-refractivity contribution in [1.82, 2.24) is 26.2 Å². The van der Waals surface area contributed by atoms with Gasteiger partial charge in [0, 0.05) is 19.7 Å². The number of piperidine rings is 1. The molecule has 4 aliphatic rings. The Labute approximate surface area is 348 Å². The third-order valence-corrected chi connectivity index (χ3v) is 16.5. The quantitative estimate of drug-likeness (QED) is 0.0721. The summed E-state index contributed by atoms with van der Waals surface area (Å²) in [6.45, 7) is 18.2. The van der Waals surface area contributed by atoms with Crippen molar-refractivity contribution in [2.45, 2.75) is 180 Å². The first-order valence-electron chi connectivity index (χ1n) is 22.1. The van der Waals surface area contributed by atoms with Gasteiger partial charge in [-0.1, -0.05) is 91.6 Å². The zero-order valence-corrected chi connectivity index (χ0v) is 37.5. The van der Waals surface area contributed by atoms with E-state index in [1.165, 1.54) is 6.08 Å². The minimum absolute atomic E-state index is 0.0857. The lowest BCUT2D eigenvalue weighted by molar-refractivity contribution is -0.155. The Hall–Kier alpha value is -3.00. The Morgan fingerprint density at radius 2 is 1.57 bits per heavy atom. The lowest BCUT2D eigenvalue weighted by atomic mass is 9.68. The van der Waals surface area contributed by atoms with Crippen molar-refractivity contribution < 1.29 is 37.1 Å². The number of Topliss-reactive ketones (excluding diaryl/α,β-unsaturated/α-hetero) is 1. The maximum Gasteiger partial charge on any atom is 0.315 e. The molecule has 5 amide bonds. The second kappa shape index (κ2) is 20.0. The fourth-order valence-electron chi connectivity index (χ4n) is 9.09. The van der Waals surface area contributed by atoms with E-state index >= 15 is 4.79 Å². The lowest BCUT2D eigenvalue weighted by Gasteiger charge is -2.51. The number of hydrogen-bond acceptors (Lipinski definition) is 8. The van der Waals surface area contributed by atoms with E-state index in [4.69, 9.17) is 4.74 Å². The Kier molecular flexibility index (Phi) is 16.5. The number of amides is 5. The smallest absolute Gasteiger partial charge is 0.315 e. The predicted molar refractivity (Wildman–Crippen MR) is 227 cm³/mol. The minimum Gasteiger partial charge on any atom is -0.381 e. The molecule has 0 radical (unpaired) electrons. The number of urea groups is 1. The van der Waals surface area contributed by atoms with Crippen LogP contribution in [-0.2, 0) is 33.8 Å². The largest absolute Gasteiger partial charge is 0.381 e. The molecule has 3 saturated carbocycles. The van der Waals surface area contributed by atoms with Gasteiger partial charge >= 0.3 is 6.03 Å². The third-order valence-electron chi connectivity index (χ3n) is 13.7. The van der Waals surface area contributed by atoms with Crippen molar-refractivity contribution in [3.8, 4) is 0 Å². The molecule has 0 spiro atoms. The molecule has 58 heavy (non-hydrogen) atoms. The molecular formula is C44H75N5O8S. The van der Waals surface area contributed by atoms with Crippen LogP contribution in [0.15, 0.2) is 12.7 Å². The lowest BCUT2D eigenvalue weighted by Crippen LogP contribution is -2.67. The average Bonchev–Trinajstić information content (AvgIpc) is 3.98. The van der Waals surface area contributed by atoms with Gasteiger partial charge in [0.15, 0.2) is 9.84 Å². The molecule has 5 atom stereocenters. The van der Waals surface area contributed by atoms with E-state index < -0.39 is 72.7 Å². The van der Waals surface area contributed by atoms with E-state index in [0.717, 1.165) is 64.2 Å². The summed E-state index contributed by atoms with van der Waals surface area (Å²) in [7, 11) is -3.60. The van der Waals surface area contributed by atoms with Gasteiger partial charge in [-0.05, 0) is 88.4 Å². The molecule has 1 saturated heterocycles. The van der Waals surface area contributed by atoms with Gasteiger partial charge in [0.05, 0.1) is 28.7 Å². The van der Waals surface area contributed by atoms with Crippen LogP contribution in [0, 0.1) is 22.7 Å². The van der Waals surface area contributed by atoms with Crippen molar-refractivity contribution in [1.29, 1.82) is 0 Å². The van der Waals surface area contributed by atoms with E-state index in [1.807, 2.05) is 6.92 Å². The highest BCUT2D eigenvalue weighted by molar-refractivity contribution is 7.92. The predicted octanol–water partition coefficient (Wildman–Crippen LogP) is 5.76. The number of carbonyl (C=O) groups is 5. The fraction of sp³-hybridized carbons (Fsp3) is 0.841. The topological polar surface area (TPSA) is 180 Å². The minimum atomic E-state index is -3.60. The maximum absolute atomic E-state index is 15.3. The molecule has 4 N–H and O–H groups in total. The highest BCUT2D eigenvalue weighted by Crippen LogP contribution is 2.44. The maximum atomic E-state index is 15.3. The molecule has 0 aromatic rings. The zero-order valence-electron chi connectivity index (χ0n) is 36.6. The molecule has 0 aromatic heterocycles. The van der Waals surface area contributed by atoms with Gasteiger partial charge < -0.3 is 30.9 Å². The number of hydrogen-bond donors (Lipinski definition) is 4. The number of ketones is 1. The number of sulfone groups is 1. The van der Waals surface area contributed by atoms with Crippen LogP contribution < -0.4 is 21.3 Å². The summed E-state index contributed by atoms with van der Waals surface area (Å²) in [5, 5.41) is 11.7. The Balaban J connectivity index is 1.68. The van der Waals surface area contributed by atoms with Crippen LogP contribution in [-0.4, -0.2) is 103 Å². The zero-order chi connectivity index (χ0) is 42.9. The van der Waals surface area contributed by atoms with E-state index in [1.54, 1.807) is 25.7 Å².